The van der Waals surface area contributed by atoms with E-state index in [4.69, 9.17) is 18.9 Å². The normalized spacial score (nSPS) is 38.7. The molecular weight excluding hydrogens is 512 g/mol. The number of anilines is 1. The van der Waals surface area contributed by atoms with Crippen molar-refractivity contribution in [2.75, 3.05) is 32.6 Å². The Labute approximate surface area is 232 Å². The molecule has 0 radical (unpaired) electrons. The van der Waals surface area contributed by atoms with E-state index in [0.29, 0.717) is 13.0 Å². The average Bonchev–Trinajstić information content (AvgIpc) is 3.33. The molecule has 0 amide bonds. The van der Waals surface area contributed by atoms with Gasteiger partial charge in [-0.15, -0.1) is 0 Å². The van der Waals surface area contributed by atoms with Crippen molar-refractivity contribution in [1.82, 2.24) is 4.90 Å². The van der Waals surface area contributed by atoms with Crippen LogP contribution in [-0.4, -0.2) is 73.6 Å². The minimum Gasteiger partial charge on any atom is -0.468 e. The average molecular weight is 545 g/mol. The number of ether oxygens (including phenoxy) is 4. The summed E-state index contributed by atoms with van der Waals surface area (Å²) in [6.45, 7) is 2.25. The van der Waals surface area contributed by atoms with Crippen LogP contribution >= 0.6 is 0 Å². The fraction of sp³-hybridized carbons (Fsp3) is 0.452. The molecule has 1 spiro atoms. The van der Waals surface area contributed by atoms with Crippen LogP contribution in [0, 0.1) is 11.3 Å². The number of hydrogen-bond acceptors (Lipinski definition) is 9. The van der Waals surface area contributed by atoms with Crippen LogP contribution in [0.3, 0.4) is 0 Å². The Bertz CT molecular complexity index is 1440. The zero-order valence-corrected chi connectivity index (χ0v) is 22.7. The number of epoxide rings is 1. The number of fused-ring (bicyclic) bond motifs is 4. The molecule has 9 heteroatoms. The van der Waals surface area contributed by atoms with Gasteiger partial charge in [0.2, 0.25) is 5.72 Å². The summed E-state index contributed by atoms with van der Waals surface area (Å²) in [6.07, 6.45) is 3.34. The lowest BCUT2D eigenvalue weighted by Crippen LogP contribution is -2.80. The van der Waals surface area contributed by atoms with Gasteiger partial charge in [-0.2, -0.15) is 0 Å². The van der Waals surface area contributed by atoms with Crippen molar-refractivity contribution in [3.8, 4) is 0 Å². The second-order valence-corrected chi connectivity index (χ2v) is 11.7. The van der Waals surface area contributed by atoms with Gasteiger partial charge in [-0.3, -0.25) is 14.5 Å². The second kappa shape index (κ2) is 8.41. The third kappa shape index (κ3) is 2.97. The SMILES string of the molecule is COC(=O)[C@]1(COC(=O)/C=C/c2ccccc2)[C@H]2CC(N(C)C[C@@]23O[C@H]3C)C23Nc4ccccc4[C@]21CC(=O)O3. The summed E-state index contributed by atoms with van der Waals surface area (Å²) in [6, 6.07) is 16.8. The highest BCUT2D eigenvalue weighted by molar-refractivity contribution is 5.92. The van der Waals surface area contributed by atoms with E-state index < -0.39 is 46.0 Å². The number of rotatable bonds is 5. The van der Waals surface area contributed by atoms with Crippen LogP contribution in [0.4, 0.5) is 5.69 Å². The number of hydrogen-bond donors (Lipinski definition) is 1. The molecule has 2 unspecified atom stereocenters. The number of esters is 3. The quantitative estimate of drug-likeness (QED) is 0.263. The molecule has 7 atom stereocenters. The van der Waals surface area contributed by atoms with Crippen molar-refractivity contribution in [2.24, 2.45) is 11.3 Å². The largest absolute Gasteiger partial charge is 0.468 e. The molecule has 4 aliphatic heterocycles. The smallest absolute Gasteiger partial charge is 0.330 e. The van der Waals surface area contributed by atoms with Crippen LogP contribution in [0.2, 0.25) is 0 Å². The van der Waals surface area contributed by atoms with Crippen molar-refractivity contribution >= 4 is 29.7 Å². The molecule has 9 nitrogen and oxygen atoms in total. The van der Waals surface area contributed by atoms with Gasteiger partial charge in [0.1, 0.15) is 17.6 Å². The highest BCUT2D eigenvalue weighted by Crippen LogP contribution is 2.74. The Balaban J connectivity index is 1.41. The van der Waals surface area contributed by atoms with Crippen LogP contribution in [-0.2, 0) is 38.7 Å². The summed E-state index contributed by atoms with van der Waals surface area (Å²) in [5.41, 5.74) is -2.15. The van der Waals surface area contributed by atoms with Crippen molar-refractivity contribution in [1.29, 1.82) is 0 Å². The molecule has 40 heavy (non-hydrogen) atoms. The van der Waals surface area contributed by atoms with E-state index in [2.05, 4.69) is 10.2 Å². The van der Waals surface area contributed by atoms with Crippen LogP contribution in [0.5, 0.6) is 0 Å². The van der Waals surface area contributed by atoms with Crippen molar-refractivity contribution < 1.29 is 33.3 Å². The minimum absolute atomic E-state index is 0.0607. The summed E-state index contributed by atoms with van der Waals surface area (Å²) in [5.74, 6) is -1.94. The summed E-state index contributed by atoms with van der Waals surface area (Å²) >= 11 is 0. The number of piperidine rings is 1. The summed E-state index contributed by atoms with van der Waals surface area (Å²) in [4.78, 5) is 43.1. The predicted octanol–water partition coefficient (Wildman–Crippen LogP) is 2.90. The lowest BCUT2D eigenvalue weighted by atomic mass is 9.42. The van der Waals surface area contributed by atoms with Gasteiger partial charge in [0.05, 0.1) is 31.1 Å². The van der Waals surface area contributed by atoms with Crippen LogP contribution in [0.1, 0.15) is 30.9 Å². The van der Waals surface area contributed by atoms with Gasteiger partial charge in [0.15, 0.2) is 0 Å². The number of methoxy groups -OCH3 is 1. The van der Waals surface area contributed by atoms with Gasteiger partial charge in [0.25, 0.3) is 0 Å². The summed E-state index contributed by atoms with van der Waals surface area (Å²) in [5, 5.41) is 3.56. The lowest BCUT2D eigenvalue weighted by molar-refractivity contribution is -0.226. The number of carbonyl (C=O) groups excluding carboxylic acids is 3. The zero-order chi connectivity index (χ0) is 27.9. The molecule has 2 aromatic rings. The molecule has 2 aromatic carbocycles. The molecule has 1 saturated carbocycles. The number of nitrogens with zero attached hydrogens (tertiary/aromatic N) is 1. The van der Waals surface area contributed by atoms with Crippen molar-refractivity contribution in [3.05, 3.63) is 71.8 Å². The number of nitrogens with one attached hydrogen (secondary N) is 1. The Morgan fingerprint density at radius 3 is 2.60 bits per heavy atom. The van der Waals surface area contributed by atoms with E-state index in [0.717, 1.165) is 16.8 Å². The molecule has 0 aromatic heterocycles. The highest BCUT2D eigenvalue weighted by Gasteiger charge is 2.88. The van der Waals surface area contributed by atoms with Crippen LogP contribution in [0.15, 0.2) is 60.7 Å². The van der Waals surface area contributed by atoms with E-state index in [1.807, 2.05) is 68.6 Å². The van der Waals surface area contributed by atoms with Gasteiger partial charge in [-0.1, -0.05) is 48.5 Å². The fourth-order valence-corrected chi connectivity index (χ4v) is 8.58. The number of likely N-dealkylation sites (tertiary alicyclic amines) is 1. The summed E-state index contributed by atoms with van der Waals surface area (Å²) in [7, 11) is 3.35. The predicted molar refractivity (Wildman–Crippen MR) is 144 cm³/mol. The van der Waals surface area contributed by atoms with Gasteiger partial charge < -0.3 is 24.3 Å². The Hall–Kier alpha value is -3.69. The first-order valence-electron chi connectivity index (χ1n) is 13.7. The maximum atomic E-state index is 14.4. The number of para-hydroxylation sites is 1. The molecule has 5 aliphatic rings. The van der Waals surface area contributed by atoms with E-state index in [9.17, 15) is 14.4 Å². The molecule has 2 bridgehead atoms. The third-order valence-corrected chi connectivity index (χ3v) is 10.2. The maximum absolute atomic E-state index is 14.4. The van der Waals surface area contributed by atoms with Crippen molar-refractivity contribution in [3.63, 3.8) is 0 Å². The number of carbonyl (C=O) groups is 3. The van der Waals surface area contributed by atoms with E-state index >= 15 is 0 Å². The molecular formula is C31H32N2O7. The molecule has 4 fully saturated rings. The molecule has 1 aliphatic carbocycles. The first-order chi connectivity index (χ1) is 19.2. The Morgan fingerprint density at radius 2 is 1.88 bits per heavy atom. The standard InChI is InChI=1S/C31H32N2O7/c1-19-29(39-19)17-33(2)24-15-23(29)28(27(36)37-3,18-38-25(34)14-13-20-9-5-4-6-10-20)30-16-26(35)40-31(24,30)32-22-12-8-7-11-21(22)30/h4-14,19,23-24,32H,15-18H2,1-3H3/b14-13+/t19-,23+,24?,28-,29-,30-,31?/m0/s1. The fourth-order valence-electron chi connectivity index (χ4n) is 8.58. The van der Waals surface area contributed by atoms with Crippen molar-refractivity contribution in [2.45, 2.75) is 48.7 Å². The van der Waals surface area contributed by atoms with Crippen LogP contribution in [0.25, 0.3) is 6.08 Å². The van der Waals surface area contributed by atoms with Gasteiger partial charge in [-0.25, -0.2) is 4.79 Å². The molecule has 208 valence electrons. The molecule has 4 heterocycles. The first-order valence-corrected chi connectivity index (χ1v) is 13.7. The van der Waals surface area contributed by atoms with E-state index in [1.165, 1.54) is 13.2 Å². The summed E-state index contributed by atoms with van der Waals surface area (Å²) < 4.78 is 24.2. The maximum Gasteiger partial charge on any atom is 0.330 e. The van der Waals surface area contributed by atoms with Gasteiger partial charge >= 0.3 is 17.9 Å². The topological polar surface area (TPSA) is 107 Å². The Morgan fingerprint density at radius 1 is 1.15 bits per heavy atom. The minimum atomic E-state index is -1.47. The highest BCUT2D eigenvalue weighted by atomic mass is 16.6. The van der Waals surface area contributed by atoms with E-state index in [-0.39, 0.29) is 25.2 Å². The molecule has 3 saturated heterocycles. The number of benzene rings is 2. The number of likely N-dealkylation sites (N-methyl/N-ethyl adjacent to an activating group) is 1. The van der Waals surface area contributed by atoms with Gasteiger partial charge in [-0.05, 0) is 43.7 Å². The van der Waals surface area contributed by atoms with E-state index in [1.54, 1.807) is 6.08 Å². The van der Waals surface area contributed by atoms with Crippen LogP contribution < -0.4 is 5.32 Å². The van der Waals surface area contributed by atoms with Gasteiger partial charge in [0, 0.05) is 24.2 Å². The first kappa shape index (κ1) is 25.3. The lowest BCUT2D eigenvalue weighted by Gasteiger charge is -2.64. The Kier molecular flexibility index (Phi) is 5.32. The monoisotopic (exact) mass is 544 g/mol. The molecule has 7 rings (SSSR count). The third-order valence-electron chi connectivity index (χ3n) is 10.2. The second-order valence-electron chi connectivity index (χ2n) is 11.7. The molecule has 1 N–H and O–H groups in total. The zero-order valence-electron chi connectivity index (χ0n) is 22.7.